The van der Waals surface area contributed by atoms with Crippen LogP contribution in [0.1, 0.15) is 10.8 Å². The average molecular weight is 579 g/mol. The predicted octanol–water partition coefficient (Wildman–Crippen LogP) is 8.09. The van der Waals surface area contributed by atoms with Gasteiger partial charge >= 0.3 is 0 Å². The quantitative estimate of drug-likeness (QED) is 0.115. The zero-order valence-electron chi connectivity index (χ0n) is 19.9. The molecule has 0 radical (unpaired) electrons. The maximum atomic E-state index is 13.8. The maximum absolute atomic E-state index is 13.8. The fourth-order valence-electron chi connectivity index (χ4n) is 4.06. The smallest absolute Gasteiger partial charge is 0.263 e. The molecule has 0 bridgehead atoms. The van der Waals surface area contributed by atoms with Gasteiger partial charge in [0.25, 0.3) is 5.56 Å². The molecular weight excluding hydrogens is 557 g/mol. The summed E-state index contributed by atoms with van der Waals surface area (Å²) in [4.78, 5) is 32.9. The van der Waals surface area contributed by atoms with Crippen molar-refractivity contribution in [2.75, 3.05) is 5.32 Å². The summed E-state index contributed by atoms with van der Waals surface area (Å²) in [6.45, 7) is 4.08. The van der Waals surface area contributed by atoms with Gasteiger partial charge in [-0.25, -0.2) is 4.98 Å². The minimum absolute atomic E-state index is 0.175. The predicted molar refractivity (Wildman–Crippen MR) is 160 cm³/mol. The molecule has 38 heavy (non-hydrogen) atoms. The third-order valence-electron chi connectivity index (χ3n) is 5.75. The van der Waals surface area contributed by atoms with Crippen molar-refractivity contribution in [2.24, 2.45) is 0 Å². The number of benzene rings is 3. The van der Waals surface area contributed by atoms with Gasteiger partial charge in [0.05, 0.1) is 5.39 Å². The molecule has 0 spiro atoms. The SMILES string of the molecule is C=CCn1c(S[C@@H](C(=O)Nc2cc(Cl)cc(Cl)c2)c2ccccc2)nc2scc(-c3ccccc3)c2c1=O. The van der Waals surface area contributed by atoms with E-state index in [4.69, 9.17) is 28.2 Å². The topological polar surface area (TPSA) is 64.0 Å². The van der Waals surface area contributed by atoms with E-state index in [1.165, 1.54) is 23.1 Å². The molecule has 3 aromatic carbocycles. The van der Waals surface area contributed by atoms with Crippen molar-refractivity contribution in [1.82, 2.24) is 9.55 Å². The highest BCUT2D eigenvalue weighted by molar-refractivity contribution is 8.00. The highest BCUT2D eigenvalue weighted by Gasteiger charge is 2.26. The number of amides is 1. The minimum Gasteiger partial charge on any atom is -0.325 e. The number of hydrogen-bond donors (Lipinski definition) is 1. The highest BCUT2D eigenvalue weighted by atomic mass is 35.5. The molecule has 0 saturated heterocycles. The zero-order valence-corrected chi connectivity index (χ0v) is 23.1. The van der Waals surface area contributed by atoms with Crippen LogP contribution in [-0.2, 0) is 11.3 Å². The Morgan fingerprint density at radius 3 is 2.37 bits per heavy atom. The largest absolute Gasteiger partial charge is 0.325 e. The Labute approximate surface area is 237 Å². The molecule has 0 aliphatic rings. The molecule has 2 heterocycles. The lowest BCUT2D eigenvalue weighted by molar-refractivity contribution is -0.115. The molecule has 2 aromatic heterocycles. The van der Waals surface area contributed by atoms with Crippen molar-refractivity contribution in [1.29, 1.82) is 0 Å². The fraction of sp³-hybridized carbons (Fsp3) is 0.0690. The van der Waals surface area contributed by atoms with Crippen LogP contribution in [0.25, 0.3) is 21.3 Å². The van der Waals surface area contributed by atoms with Crippen LogP contribution in [0.4, 0.5) is 5.69 Å². The molecule has 5 aromatic rings. The number of rotatable bonds is 8. The van der Waals surface area contributed by atoms with Crippen molar-refractivity contribution in [3.8, 4) is 11.1 Å². The Kier molecular flexibility index (Phi) is 8.00. The summed E-state index contributed by atoms with van der Waals surface area (Å²) in [5.74, 6) is -0.296. The van der Waals surface area contributed by atoms with Crippen molar-refractivity contribution < 1.29 is 4.79 Å². The molecule has 0 saturated carbocycles. The second-order valence-electron chi connectivity index (χ2n) is 8.35. The minimum atomic E-state index is -0.706. The second kappa shape index (κ2) is 11.6. The number of thioether (sulfide) groups is 1. The third kappa shape index (κ3) is 5.56. The van der Waals surface area contributed by atoms with Crippen molar-refractivity contribution >= 4 is 68.1 Å². The second-order valence-corrected chi connectivity index (χ2v) is 11.2. The van der Waals surface area contributed by atoms with E-state index < -0.39 is 5.25 Å². The van der Waals surface area contributed by atoms with Gasteiger partial charge in [-0.15, -0.1) is 17.9 Å². The molecule has 190 valence electrons. The number of aromatic nitrogens is 2. The van der Waals surface area contributed by atoms with E-state index in [1.54, 1.807) is 28.8 Å². The van der Waals surface area contributed by atoms with Gasteiger partial charge < -0.3 is 5.32 Å². The van der Waals surface area contributed by atoms with Crippen LogP contribution in [0.3, 0.4) is 0 Å². The lowest BCUT2D eigenvalue weighted by atomic mass is 10.1. The van der Waals surface area contributed by atoms with Crippen LogP contribution in [0.2, 0.25) is 10.0 Å². The molecule has 1 N–H and O–H groups in total. The number of carbonyl (C=O) groups is 1. The number of allylic oxidation sites excluding steroid dienone is 1. The van der Waals surface area contributed by atoms with E-state index in [9.17, 15) is 9.59 Å². The molecule has 1 amide bonds. The Morgan fingerprint density at radius 1 is 1.05 bits per heavy atom. The average Bonchev–Trinajstić information content (AvgIpc) is 3.34. The molecule has 5 nitrogen and oxygen atoms in total. The van der Waals surface area contributed by atoms with E-state index in [1.807, 2.05) is 66.0 Å². The van der Waals surface area contributed by atoms with Gasteiger partial charge in [-0.2, -0.15) is 0 Å². The van der Waals surface area contributed by atoms with Crippen molar-refractivity contribution in [3.05, 3.63) is 123 Å². The van der Waals surface area contributed by atoms with Crippen molar-refractivity contribution in [2.45, 2.75) is 17.0 Å². The number of nitrogens with one attached hydrogen (secondary N) is 1. The summed E-state index contributed by atoms with van der Waals surface area (Å²) in [7, 11) is 0. The van der Waals surface area contributed by atoms with E-state index in [0.29, 0.717) is 31.1 Å². The van der Waals surface area contributed by atoms with Gasteiger partial charge in [0, 0.05) is 33.2 Å². The number of nitrogens with zero attached hydrogens (tertiary/aromatic N) is 2. The Bertz CT molecular complexity index is 1670. The van der Waals surface area contributed by atoms with E-state index in [2.05, 4.69) is 11.9 Å². The van der Waals surface area contributed by atoms with Crippen LogP contribution in [0.15, 0.2) is 107 Å². The van der Waals surface area contributed by atoms with Crippen LogP contribution < -0.4 is 10.9 Å². The standard InChI is InChI=1S/C29H21Cl2N3O2S2/c1-2-13-34-28(36)24-23(18-9-5-3-6-10-18)17-37-27(24)33-29(34)38-25(19-11-7-4-8-12-19)26(35)32-22-15-20(30)14-21(31)16-22/h2-12,14-17,25H,1,13H2,(H,32,35)/t25-/m1/s1. The first-order valence-electron chi connectivity index (χ1n) is 11.6. The van der Waals surface area contributed by atoms with Crippen LogP contribution in [0, 0.1) is 0 Å². The number of fused-ring (bicyclic) bond motifs is 1. The highest BCUT2D eigenvalue weighted by Crippen LogP contribution is 2.38. The number of carbonyl (C=O) groups excluding carboxylic acids is 1. The molecule has 0 fully saturated rings. The molecule has 0 unspecified atom stereocenters. The van der Waals surface area contributed by atoms with Crippen LogP contribution in [-0.4, -0.2) is 15.5 Å². The van der Waals surface area contributed by atoms with Crippen molar-refractivity contribution in [3.63, 3.8) is 0 Å². The number of anilines is 1. The van der Waals surface area contributed by atoms with Crippen LogP contribution >= 0.6 is 46.3 Å². The lowest BCUT2D eigenvalue weighted by Crippen LogP contribution is -2.25. The first-order valence-corrected chi connectivity index (χ1v) is 14.1. The van der Waals surface area contributed by atoms with Gasteiger partial charge in [0.15, 0.2) is 5.16 Å². The molecule has 9 heteroatoms. The van der Waals surface area contributed by atoms with E-state index in [0.717, 1.165) is 16.7 Å². The maximum Gasteiger partial charge on any atom is 0.263 e. The number of hydrogen-bond acceptors (Lipinski definition) is 5. The summed E-state index contributed by atoms with van der Waals surface area (Å²) < 4.78 is 1.57. The van der Waals surface area contributed by atoms with Gasteiger partial charge in [-0.3, -0.25) is 14.2 Å². The van der Waals surface area contributed by atoms with E-state index >= 15 is 0 Å². The fourth-order valence-corrected chi connectivity index (χ4v) is 6.68. The van der Waals surface area contributed by atoms with Gasteiger partial charge in [0.2, 0.25) is 5.91 Å². The lowest BCUT2D eigenvalue weighted by Gasteiger charge is -2.19. The van der Waals surface area contributed by atoms with Gasteiger partial charge in [-0.05, 0) is 29.3 Å². The summed E-state index contributed by atoms with van der Waals surface area (Å²) in [5.41, 5.74) is 2.86. The molecule has 0 aliphatic carbocycles. The molecule has 5 rings (SSSR count). The summed E-state index contributed by atoms with van der Waals surface area (Å²) in [6, 6.07) is 24.0. The first kappa shape index (κ1) is 26.3. The molecule has 1 atom stereocenters. The normalized spacial score (nSPS) is 11.8. The Hall–Kier alpha value is -3.36. The van der Waals surface area contributed by atoms with Gasteiger partial charge in [0.1, 0.15) is 10.1 Å². The number of thiophene rings is 1. The summed E-state index contributed by atoms with van der Waals surface area (Å²) in [5, 5.41) is 5.96. The van der Waals surface area contributed by atoms with Crippen LogP contribution in [0.5, 0.6) is 0 Å². The summed E-state index contributed by atoms with van der Waals surface area (Å²) in [6.07, 6.45) is 1.65. The molecule has 0 aliphatic heterocycles. The Morgan fingerprint density at radius 2 is 1.71 bits per heavy atom. The molecular formula is C29H21Cl2N3O2S2. The van der Waals surface area contributed by atoms with E-state index in [-0.39, 0.29) is 18.0 Å². The monoisotopic (exact) mass is 577 g/mol. The Balaban J connectivity index is 1.58. The van der Waals surface area contributed by atoms with Gasteiger partial charge in [-0.1, -0.05) is 102 Å². The number of halogens is 2. The zero-order chi connectivity index (χ0) is 26.6. The third-order valence-corrected chi connectivity index (χ3v) is 8.30. The first-order chi connectivity index (χ1) is 18.4. The summed E-state index contributed by atoms with van der Waals surface area (Å²) >= 11 is 14.9.